The van der Waals surface area contributed by atoms with Gasteiger partial charge in [-0.25, -0.2) is 12.8 Å². The number of ether oxygens (including phenoxy) is 1. The van der Waals surface area contributed by atoms with Crippen molar-refractivity contribution in [2.45, 2.75) is 25.2 Å². The molecule has 0 atom stereocenters. The molecule has 2 aromatic carbocycles. The van der Waals surface area contributed by atoms with Gasteiger partial charge in [0.1, 0.15) is 5.82 Å². The molecule has 0 bridgehead atoms. The fourth-order valence-electron chi connectivity index (χ4n) is 3.20. The average molecular weight is 450 g/mol. The minimum atomic E-state index is -3.72. The highest BCUT2D eigenvalue weighted by molar-refractivity contribution is 7.89. The Hall–Kier alpha value is -2.49. The van der Waals surface area contributed by atoms with Crippen LogP contribution in [0, 0.1) is 11.7 Å². The predicted molar refractivity (Wildman–Crippen MR) is 118 cm³/mol. The van der Waals surface area contributed by atoms with Crippen molar-refractivity contribution >= 4 is 27.3 Å². The van der Waals surface area contributed by atoms with Crippen molar-refractivity contribution in [2.24, 2.45) is 5.92 Å². The van der Waals surface area contributed by atoms with Crippen LogP contribution in [0.25, 0.3) is 0 Å². The number of sulfonamides is 1. The maximum absolute atomic E-state index is 13.9. The Morgan fingerprint density at radius 1 is 1.13 bits per heavy atom. The normalized spacial score (nSPS) is 15.1. The fourth-order valence-corrected chi connectivity index (χ4v) is 4.64. The number of benzene rings is 2. The summed E-state index contributed by atoms with van der Waals surface area (Å²) in [5.74, 6) is -0.545. The van der Waals surface area contributed by atoms with Crippen LogP contribution in [0.3, 0.4) is 0 Å². The zero-order chi connectivity index (χ0) is 22.4. The zero-order valence-electron chi connectivity index (χ0n) is 17.7. The van der Waals surface area contributed by atoms with Crippen LogP contribution in [0.1, 0.15) is 19.4 Å². The molecule has 0 aromatic heterocycles. The van der Waals surface area contributed by atoms with Gasteiger partial charge in [-0.05, 0) is 35.7 Å². The Morgan fingerprint density at radius 2 is 1.84 bits per heavy atom. The number of carbonyl (C=O) groups excluding carboxylic acids is 1. The molecule has 2 aromatic rings. The monoisotopic (exact) mass is 449 g/mol. The van der Waals surface area contributed by atoms with Crippen molar-refractivity contribution in [1.29, 1.82) is 0 Å². The van der Waals surface area contributed by atoms with Crippen molar-refractivity contribution in [1.82, 2.24) is 4.31 Å². The Morgan fingerprint density at radius 3 is 2.52 bits per heavy atom. The largest absolute Gasteiger partial charge is 0.383 e. The molecule has 2 N–H and O–H groups in total. The summed E-state index contributed by atoms with van der Waals surface area (Å²) < 4.78 is 46.6. The van der Waals surface area contributed by atoms with Gasteiger partial charge in [0.25, 0.3) is 0 Å². The Kier molecular flexibility index (Phi) is 7.64. The number of rotatable bonds is 8. The van der Waals surface area contributed by atoms with Gasteiger partial charge >= 0.3 is 0 Å². The highest BCUT2D eigenvalue weighted by Gasteiger charge is 2.27. The lowest BCUT2D eigenvalue weighted by atomic mass is 10.1. The van der Waals surface area contributed by atoms with Crippen LogP contribution in [0.15, 0.2) is 47.4 Å². The van der Waals surface area contributed by atoms with E-state index in [1.165, 1.54) is 22.5 Å². The number of amides is 1. The van der Waals surface area contributed by atoms with E-state index in [9.17, 15) is 17.6 Å². The third kappa shape index (κ3) is 6.03. The van der Waals surface area contributed by atoms with Crippen LogP contribution in [-0.4, -0.2) is 51.5 Å². The molecule has 7 nitrogen and oxygen atoms in total. The number of anilines is 2. The second kappa shape index (κ2) is 10.2. The van der Waals surface area contributed by atoms with Gasteiger partial charge in [0.2, 0.25) is 15.9 Å². The lowest BCUT2D eigenvalue weighted by Gasteiger charge is -2.26. The molecule has 1 heterocycles. The van der Waals surface area contributed by atoms with Crippen LogP contribution in [0.4, 0.5) is 15.8 Å². The van der Waals surface area contributed by atoms with E-state index in [1.807, 2.05) is 13.8 Å². The van der Waals surface area contributed by atoms with Crippen LogP contribution < -0.4 is 10.6 Å². The zero-order valence-corrected chi connectivity index (χ0v) is 18.5. The summed E-state index contributed by atoms with van der Waals surface area (Å²) in [7, 11) is -3.72. The summed E-state index contributed by atoms with van der Waals surface area (Å²) >= 11 is 0. The maximum atomic E-state index is 13.9. The Balaban J connectivity index is 1.86. The molecule has 1 amide bonds. The number of morpholine rings is 1. The topological polar surface area (TPSA) is 87.7 Å². The van der Waals surface area contributed by atoms with E-state index in [0.29, 0.717) is 37.1 Å². The molecule has 1 fully saturated rings. The first-order valence-electron chi connectivity index (χ1n) is 10.3. The highest BCUT2D eigenvalue weighted by atomic mass is 32.2. The first-order chi connectivity index (χ1) is 14.8. The standard InChI is InChI=1S/C22H28FN3O4S/c1-16(2)15-24-20-8-7-18(31(28,29)26-9-11-30-12-10-26)14-21(20)25-22(27)13-17-5-3-4-6-19(17)23/h3-8,14,16,24H,9-13,15H2,1-2H3,(H,25,27). The Labute approximate surface area is 182 Å². The van der Waals surface area contributed by atoms with Crippen molar-refractivity contribution < 1.29 is 22.3 Å². The lowest BCUT2D eigenvalue weighted by molar-refractivity contribution is -0.115. The van der Waals surface area contributed by atoms with Crippen molar-refractivity contribution in [2.75, 3.05) is 43.5 Å². The molecule has 0 radical (unpaired) electrons. The molecule has 31 heavy (non-hydrogen) atoms. The molecule has 1 aliphatic heterocycles. The lowest BCUT2D eigenvalue weighted by Crippen LogP contribution is -2.40. The molecule has 3 rings (SSSR count). The highest BCUT2D eigenvalue weighted by Crippen LogP contribution is 2.28. The summed E-state index contributed by atoms with van der Waals surface area (Å²) in [4.78, 5) is 12.7. The fraction of sp³-hybridized carbons (Fsp3) is 0.409. The Bertz CT molecular complexity index is 1020. The van der Waals surface area contributed by atoms with Crippen LogP contribution in [-0.2, 0) is 26.0 Å². The predicted octanol–water partition coefficient (Wildman–Crippen LogP) is 3.10. The first kappa shape index (κ1) is 23.2. The SMILES string of the molecule is CC(C)CNc1ccc(S(=O)(=O)N2CCOCC2)cc1NC(=O)Cc1ccccc1F. The minimum Gasteiger partial charge on any atom is -0.383 e. The van der Waals surface area contributed by atoms with E-state index in [4.69, 9.17) is 4.74 Å². The van der Waals surface area contributed by atoms with Crippen molar-refractivity contribution in [3.05, 3.63) is 53.8 Å². The quantitative estimate of drug-likeness (QED) is 0.647. The smallest absolute Gasteiger partial charge is 0.243 e. The van der Waals surface area contributed by atoms with Gasteiger partial charge in [-0.15, -0.1) is 0 Å². The second-order valence-electron chi connectivity index (χ2n) is 7.81. The van der Waals surface area contributed by atoms with E-state index in [0.717, 1.165) is 0 Å². The summed E-state index contributed by atoms with van der Waals surface area (Å²) in [6.45, 7) is 5.99. The van der Waals surface area contributed by atoms with Gasteiger partial charge in [0.15, 0.2) is 0 Å². The van der Waals surface area contributed by atoms with E-state index in [1.54, 1.807) is 24.3 Å². The molecule has 0 unspecified atom stereocenters. The molecule has 9 heteroatoms. The molecule has 1 aliphatic rings. The van der Waals surface area contributed by atoms with Crippen LogP contribution in [0.5, 0.6) is 0 Å². The van der Waals surface area contributed by atoms with E-state index in [2.05, 4.69) is 10.6 Å². The third-order valence-electron chi connectivity index (χ3n) is 4.88. The summed E-state index contributed by atoms with van der Waals surface area (Å²) in [5, 5.41) is 5.98. The molecular weight excluding hydrogens is 421 g/mol. The molecule has 168 valence electrons. The van der Waals surface area contributed by atoms with E-state index < -0.39 is 21.7 Å². The molecule has 0 aliphatic carbocycles. The average Bonchev–Trinajstić information content (AvgIpc) is 2.75. The van der Waals surface area contributed by atoms with Gasteiger partial charge in [0.05, 0.1) is 35.9 Å². The number of hydrogen-bond acceptors (Lipinski definition) is 5. The summed E-state index contributed by atoms with van der Waals surface area (Å²) in [5.41, 5.74) is 1.22. The van der Waals surface area contributed by atoms with E-state index in [-0.39, 0.29) is 30.0 Å². The minimum absolute atomic E-state index is 0.0886. The maximum Gasteiger partial charge on any atom is 0.243 e. The molecule has 1 saturated heterocycles. The van der Waals surface area contributed by atoms with E-state index >= 15 is 0 Å². The number of carbonyl (C=O) groups is 1. The first-order valence-corrected chi connectivity index (χ1v) is 11.7. The van der Waals surface area contributed by atoms with Crippen molar-refractivity contribution in [3.8, 4) is 0 Å². The summed E-state index contributed by atoms with van der Waals surface area (Å²) in [6.07, 6.45) is -0.156. The van der Waals surface area contributed by atoms with Crippen LogP contribution >= 0.6 is 0 Å². The second-order valence-corrected chi connectivity index (χ2v) is 9.75. The van der Waals surface area contributed by atoms with Gasteiger partial charge in [-0.2, -0.15) is 4.31 Å². The number of hydrogen-bond donors (Lipinski definition) is 2. The number of nitrogens with zero attached hydrogens (tertiary/aromatic N) is 1. The van der Waals surface area contributed by atoms with Gasteiger partial charge in [-0.1, -0.05) is 32.0 Å². The van der Waals surface area contributed by atoms with Gasteiger partial charge in [0, 0.05) is 19.6 Å². The summed E-state index contributed by atoms with van der Waals surface area (Å²) in [6, 6.07) is 10.7. The van der Waals surface area contributed by atoms with Crippen LogP contribution in [0.2, 0.25) is 0 Å². The van der Waals surface area contributed by atoms with Crippen molar-refractivity contribution in [3.63, 3.8) is 0 Å². The van der Waals surface area contributed by atoms with Gasteiger partial charge < -0.3 is 15.4 Å². The number of halogens is 1. The number of nitrogens with one attached hydrogen (secondary N) is 2. The molecule has 0 saturated carbocycles. The molecular formula is C22H28FN3O4S. The molecule has 0 spiro atoms. The van der Waals surface area contributed by atoms with Gasteiger partial charge in [-0.3, -0.25) is 4.79 Å². The third-order valence-corrected chi connectivity index (χ3v) is 6.78.